The largest absolute Gasteiger partial charge is 0.497 e. The van der Waals surface area contributed by atoms with Crippen LogP contribution in [0.4, 0.5) is 0 Å². The van der Waals surface area contributed by atoms with E-state index in [0.29, 0.717) is 30.9 Å². The Morgan fingerprint density at radius 3 is 2.42 bits per heavy atom. The van der Waals surface area contributed by atoms with Crippen molar-refractivity contribution >= 4 is 11.9 Å². The molecule has 31 heavy (non-hydrogen) atoms. The molecule has 168 valence electrons. The minimum atomic E-state index is -0.157. The molecule has 0 saturated carbocycles. The number of hydrogen-bond acceptors (Lipinski definition) is 5. The van der Waals surface area contributed by atoms with Gasteiger partial charge in [0.05, 0.1) is 27.9 Å². The van der Waals surface area contributed by atoms with Crippen molar-refractivity contribution in [3.05, 3.63) is 53.6 Å². The Balaban J connectivity index is 1.97. The maximum atomic E-state index is 12.3. The van der Waals surface area contributed by atoms with Gasteiger partial charge in [-0.2, -0.15) is 0 Å². The lowest BCUT2D eigenvalue weighted by atomic mass is 10.2. The fraction of sp³-hybridized carbons (Fsp3) is 0.391. The van der Waals surface area contributed by atoms with E-state index in [9.17, 15) is 4.79 Å². The minimum Gasteiger partial charge on any atom is -0.497 e. The summed E-state index contributed by atoms with van der Waals surface area (Å²) in [5, 5.41) is 6.16. The molecule has 0 spiro atoms. The van der Waals surface area contributed by atoms with Crippen molar-refractivity contribution in [1.29, 1.82) is 0 Å². The van der Waals surface area contributed by atoms with E-state index in [0.717, 1.165) is 29.6 Å². The van der Waals surface area contributed by atoms with Gasteiger partial charge in [0.1, 0.15) is 17.2 Å². The monoisotopic (exact) mass is 428 g/mol. The maximum absolute atomic E-state index is 12.3. The smallest absolute Gasteiger partial charge is 0.251 e. The molecule has 0 fully saturated rings. The van der Waals surface area contributed by atoms with Gasteiger partial charge < -0.3 is 29.7 Å². The lowest BCUT2D eigenvalue weighted by Crippen LogP contribution is -2.39. The topological polar surface area (TPSA) is 84.4 Å². The number of ether oxygens (including phenoxy) is 3. The fourth-order valence-corrected chi connectivity index (χ4v) is 2.98. The summed E-state index contributed by atoms with van der Waals surface area (Å²) in [6, 6.07) is 12.8. The molecule has 0 aliphatic carbocycles. The first-order chi connectivity index (χ1) is 15.0. The third-order valence-electron chi connectivity index (χ3n) is 4.59. The van der Waals surface area contributed by atoms with E-state index >= 15 is 0 Å². The molecular weight excluding hydrogens is 396 g/mol. The van der Waals surface area contributed by atoms with Crippen molar-refractivity contribution in [1.82, 2.24) is 15.5 Å². The molecule has 0 aromatic heterocycles. The van der Waals surface area contributed by atoms with E-state index in [1.54, 1.807) is 45.6 Å². The number of aliphatic imine (C=N–C) groups is 1. The van der Waals surface area contributed by atoms with Crippen molar-refractivity contribution in [3.8, 4) is 17.2 Å². The molecule has 0 saturated heterocycles. The molecule has 2 aromatic rings. The van der Waals surface area contributed by atoms with Gasteiger partial charge in [0.15, 0.2) is 5.96 Å². The second kappa shape index (κ2) is 12.3. The van der Waals surface area contributed by atoms with Gasteiger partial charge in [0.25, 0.3) is 5.91 Å². The summed E-state index contributed by atoms with van der Waals surface area (Å²) in [6.45, 7) is 4.23. The predicted molar refractivity (Wildman–Crippen MR) is 122 cm³/mol. The fourth-order valence-electron chi connectivity index (χ4n) is 2.98. The zero-order chi connectivity index (χ0) is 22.6. The van der Waals surface area contributed by atoms with E-state index in [4.69, 9.17) is 14.2 Å². The quantitative estimate of drug-likeness (QED) is 0.344. The van der Waals surface area contributed by atoms with Crippen molar-refractivity contribution in [2.24, 2.45) is 4.99 Å². The van der Waals surface area contributed by atoms with Crippen LogP contribution in [-0.2, 0) is 6.54 Å². The number of carbonyl (C=O) groups excluding carboxylic acids is 1. The molecule has 8 nitrogen and oxygen atoms in total. The summed E-state index contributed by atoms with van der Waals surface area (Å²) in [5.41, 5.74) is 1.57. The molecule has 0 heterocycles. The van der Waals surface area contributed by atoms with Crippen molar-refractivity contribution in [3.63, 3.8) is 0 Å². The van der Waals surface area contributed by atoms with E-state index in [1.807, 2.05) is 37.1 Å². The van der Waals surface area contributed by atoms with Gasteiger partial charge in [0.2, 0.25) is 0 Å². The van der Waals surface area contributed by atoms with Crippen LogP contribution in [0.2, 0.25) is 0 Å². The van der Waals surface area contributed by atoms with Gasteiger partial charge in [-0.1, -0.05) is 6.07 Å². The molecule has 0 radical (unpaired) electrons. The standard InChI is InChI=1S/C23H32N4O4/c1-6-24-23(27(2)16-18-10-11-20(30-4)15-21(18)31-5)26-13-12-25-22(28)17-8-7-9-19(14-17)29-3/h7-11,14-15H,6,12-13,16H2,1-5H3,(H,24,26)(H,25,28). The minimum absolute atomic E-state index is 0.157. The summed E-state index contributed by atoms with van der Waals surface area (Å²) in [7, 11) is 6.80. The molecular formula is C23H32N4O4. The first-order valence-corrected chi connectivity index (χ1v) is 10.1. The summed E-state index contributed by atoms with van der Waals surface area (Å²) in [4.78, 5) is 19.0. The van der Waals surface area contributed by atoms with Crippen LogP contribution in [0.25, 0.3) is 0 Å². The Morgan fingerprint density at radius 1 is 1.00 bits per heavy atom. The van der Waals surface area contributed by atoms with Crippen LogP contribution in [0.1, 0.15) is 22.8 Å². The van der Waals surface area contributed by atoms with Gasteiger partial charge in [-0.25, -0.2) is 0 Å². The van der Waals surface area contributed by atoms with Gasteiger partial charge in [-0.15, -0.1) is 0 Å². The molecule has 0 bridgehead atoms. The van der Waals surface area contributed by atoms with E-state index in [2.05, 4.69) is 15.6 Å². The van der Waals surface area contributed by atoms with Gasteiger partial charge in [-0.05, 0) is 37.3 Å². The Labute approximate surface area is 184 Å². The molecule has 8 heteroatoms. The number of rotatable bonds is 10. The van der Waals surface area contributed by atoms with Crippen LogP contribution in [0.15, 0.2) is 47.5 Å². The van der Waals surface area contributed by atoms with Crippen LogP contribution in [0, 0.1) is 0 Å². The summed E-state index contributed by atoms with van der Waals surface area (Å²) < 4.78 is 15.9. The lowest BCUT2D eigenvalue weighted by Gasteiger charge is -2.23. The molecule has 1 amide bonds. The van der Waals surface area contributed by atoms with Crippen LogP contribution in [0.5, 0.6) is 17.2 Å². The van der Waals surface area contributed by atoms with Crippen molar-refractivity contribution < 1.29 is 19.0 Å². The Hall–Kier alpha value is -3.42. The molecule has 0 unspecified atom stereocenters. The summed E-state index contributed by atoms with van der Waals surface area (Å²) in [6.07, 6.45) is 0. The Bertz CT molecular complexity index is 886. The SMILES string of the molecule is CCNC(=NCCNC(=O)c1cccc(OC)c1)N(C)Cc1ccc(OC)cc1OC. The normalized spacial score (nSPS) is 10.9. The van der Waals surface area contributed by atoms with E-state index < -0.39 is 0 Å². The highest BCUT2D eigenvalue weighted by atomic mass is 16.5. The van der Waals surface area contributed by atoms with Crippen LogP contribution >= 0.6 is 0 Å². The zero-order valence-corrected chi connectivity index (χ0v) is 18.9. The third kappa shape index (κ3) is 7.09. The number of hydrogen-bond donors (Lipinski definition) is 2. The highest BCUT2D eigenvalue weighted by molar-refractivity contribution is 5.94. The number of methoxy groups -OCH3 is 3. The maximum Gasteiger partial charge on any atom is 0.251 e. The van der Waals surface area contributed by atoms with Crippen molar-refractivity contribution in [2.45, 2.75) is 13.5 Å². The number of benzene rings is 2. The van der Waals surface area contributed by atoms with E-state index in [-0.39, 0.29) is 5.91 Å². The van der Waals surface area contributed by atoms with Crippen LogP contribution in [0.3, 0.4) is 0 Å². The predicted octanol–water partition coefficient (Wildman–Crippen LogP) is 2.54. The number of nitrogens with zero attached hydrogens (tertiary/aromatic N) is 2. The Kier molecular flexibility index (Phi) is 9.48. The number of guanidine groups is 1. The van der Waals surface area contributed by atoms with Gasteiger partial charge >= 0.3 is 0 Å². The van der Waals surface area contributed by atoms with Crippen LogP contribution in [-0.4, -0.2) is 64.8 Å². The number of amides is 1. The molecule has 2 N–H and O–H groups in total. The van der Waals surface area contributed by atoms with E-state index in [1.165, 1.54) is 0 Å². The number of carbonyl (C=O) groups is 1. The molecule has 0 atom stereocenters. The van der Waals surface area contributed by atoms with Gasteiger partial charge in [-0.3, -0.25) is 9.79 Å². The molecule has 2 aromatic carbocycles. The van der Waals surface area contributed by atoms with Crippen molar-refractivity contribution in [2.75, 3.05) is 48.0 Å². The summed E-state index contributed by atoms with van der Waals surface area (Å²) in [5.74, 6) is 2.74. The first-order valence-electron chi connectivity index (χ1n) is 10.1. The lowest BCUT2D eigenvalue weighted by molar-refractivity contribution is 0.0954. The summed E-state index contributed by atoms with van der Waals surface area (Å²) >= 11 is 0. The highest BCUT2D eigenvalue weighted by Gasteiger charge is 2.11. The average molecular weight is 429 g/mol. The highest BCUT2D eigenvalue weighted by Crippen LogP contribution is 2.25. The Morgan fingerprint density at radius 2 is 1.74 bits per heavy atom. The molecule has 2 rings (SSSR count). The second-order valence-corrected chi connectivity index (χ2v) is 6.76. The average Bonchev–Trinajstić information content (AvgIpc) is 2.81. The molecule has 0 aliphatic heterocycles. The first kappa shape index (κ1) is 23.9. The van der Waals surface area contributed by atoms with Crippen LogP contribution < -0.4 is 24.8 Å². The second-order valence-electron chi connectivity index (χ2n) is 6.76. The third-order valence-corrected chi connectivity index (χ3v) is 4.59. The molecule has 0 aliphatic rings. The van der Waals surface area contributed by atoms with Gasteiger partial charge in [0, 0.05) is 43.9 Å². The zero-order valence-electron chi connectivity index (χ0n) is 18.9. The number of nitrogens with one attached hydrogen (secondary N) is 2.